The minimum atomic E-state index is -1.17. The Balaban J connectivity index is 4.40. The third-order valence-corrected chi connectivity index (χ3v) is 2.51. The average molecular weight is 260 g/mol. The number of ether oxygens (including phenoxy) is 1. The zero-order chi connectivity index (χ0) is 14.1. The molecule has 1 atom stereocenters. The monoisotopic (exact) mass is 260 g/mol. The quantitative estimate of drug-likeness (QED) is 0.648. The zero-order valence-corrected chi connectivity index (χ0v) is 10.9. The average Bonchev–Trinajstić information content (AvgIpc) is 2.34. The van der Waals surface area contributed by atoms with Gasteiger partial charge >= 0.3 is 18.0 Å². The fourth-order valence-corrected chi connectivity index (χ4v) is 1.37. The van der Waals surface area contributed by atoms with Crippen molar-refractivity contribution in [2.75, 3.05) is 20.2 Å². The molecule has 7 nitrogen and oxygen atoms in total. The molecule has 0 unspecified atom stereocenters. The predicted octanol–water partition coefficient (Wildman–Crippen LogP) is 0.444. The van der Waals surface area contributed by atoms with Crippen LogP contribution < -0.4 is 5.32 Å². The third kappa shape index (κ3) is 5.51. The number of carboxylic acid groups (broad SMARTS) is 1. The van der Waals surface area contributed by atoms with Gasteiger partial charge in [0.05, 0.1) is 7.11 Å². The molecule has 0 rings (SSSR count). The lowest BCUT2D eigenvalue weighted by atomic mass is 10.1. The van der Waals surface area contributed by atoms with Crippen LogP contribution >= 0.6 is 0 Å². The van der Waals surface area contributed by atoms with Crippen LogP contribution in [0.5, 0.6) is 0 Å². The van der Waals surface area contributed by atoms with Crippen LogP contribution in [-0.4, -0.2) is 54.2 Å². The van der Waals surface area contributed by atoms with Gasteiger partial charge in [-0.2, -0.15) is 0 Å². The highest BCUT2D eigenvalue weighted by Crippen LogP contribution is 2.01. The minimum absolute atomic E-state index is 0.00894. The highest BCUT2D eigenvalue weighted by Gasteiger charge is 2.22. The molecule has 18 heavy (non-hydrogen) atoms. The largest absolute Gasteiger partial charge is 0.480 e. The Hall–Kier alpha value is -1.79. The van der Waals surface area contributed by atoms with E-state index in [9.17, 15) is 14.4 Å². The standard InChI is InChI=1S/C11H20N2O5/c1-4-13(5-2)11(17)12-8(10(15)16)6-7-9(14)18-3/h8H,4-7H2,1-3H3,(H,12,17)(H,15,16)/t8-/m0/s1. The molecule has 0 saturated carbocycles. The van der Waals surface area contributed by atoms with E-state index in [2.05, 4.69) is 10.1 Å². The molecule has 2 amide bonds. The van der Waals surface area contributed by atoms with E-state index in [-0.39, 0.29) is 12.8 Å². The summed E-state index contributed by atoms with van der Waals surface area (Å²) in [5.74, 6) is -1.67. The summed E-state index contributed by atoms with van der Waals surface area (Å²) in [6, 6.07) is -1.53. The summed E-state index contributed by atoms with van der Waals surface area (Å²) in [4.78, 5) is 35.0. The maximum absolute atomic E-state index is 11.7. The Bertz CT molecular complexity index is 302. The molecule has 0 fully saturated rings. The summed E-state index contributed by atoms with van der Waals surface area (Å²) < 4.78 is 4.42. The molecule has 7 heteroatoms. The van der Waals surface area contributed by atoms with E-state index in [1.54, 1.807) is 13.8 Å². The lowest BCUT2D eigenvalue weighted by molar-refractivity contribution is -0.142. The Morgan fingerprint density at radius 3 is 2.22 bits per heavy atom. The molecule has 0 spiro atoms. The van der Waals surface area contributed by atoms with Crippen LogP contribution in [0.3, 0.4) is 0 Å². The number of nitrogens with one attached hydrogen (secondary N) is 1. The first kappa shape index (κ1) is 16.2. The molecule has 0 aromatic heterocycles. The summed E-state index contributed by atoms with van der Waals surface area (Å²) in [7, 11) is 1.23. The van der Waals surface area contributed by atoms with Crippen LogP contribution in [0.1, 0.15) is 26.7 Å². The topological polar surface area (TPSA) is 95.9 Å². The number of carboxylic acids is 1. The molecule has 0 saturated heterocycles. The van der Waals surface area contributed by atoms with E-state index in [1.807, 2.05) is 0 Å². The predicted molar refractivity (Wildman–Crippen MR) is 64.1 cm³/mol. The number of nitrogens with zero attached hydrogens (tertiary/aromatic N) is 1. The van der Waals surface area contributed by atoms with Crippen LogP contribution in [0.15, 0.2) is 0 Å². The van der Waals surface area contributed by atoms with Crippen molar-refractivity contribution in [3.63, 3.8) is 0 Å². The summed E-state index contributed by atoms with van der Waals surface area (Å²) in [6.45, 7) is 4.58. The van der Waals surface area contributed by atoms with E-state index >= 15 is 0 Å². The van der Waals surface area contributed by atoms with Gasteiger partial charge in [0.1, 0.15) is 6.04 Å². The molecule has 0 radical (unpaired) electrons. The Morgan fingerprint density at radius 2 is 1.83 bits per heavy atom. The van der Waals surface area contributed by atoms with Gasteiger partial charge in [-0.15, -0.1) is 0 Å². The van der Waals surface area contributed by atoms with Gasteiger partial charge in [-0.3, -0.25) is 4.79 Å². The van der Waals surface area contributed by atoms with Crippen molar-refractivity contribution in [3.05, 3.63) is 0 Å². The normalized spacial score (nSPS) is 11.5. The molecular formula is C11H20N2O5. The number of rotatable bonds is 7. The minimum Gasteiger partial charge on any atom is -0.480 e. The number of carbonyl (C=O) groups excluding carboxylic acids is 2. The Morgan fingerprint density at radius 1 is 1.28 bits per heavy atom. The maximum atomic E-state index is 11.7. The first-order chi connectivity index (χ1) is 8.46. The molecule has 0 aliphatic heterocycles. The lowest BCUT2D eigenvalue weighted by Gasteiger charge is -2.22. The third-order valence-electron chi connectivity index (χ3n) is 2.51. The van der Waals surface area contributed by atoms with Crippen molar-refractivity contribution in [2.24, 2.45) is 0 Å². The van der Waals surface area contributed by atoms with Crippen molar-refractivity contribution in [1.29, 1.82) is 0 Å². The summed E-state index contributed by atoms with van der Waals surface area (Å²) in [5.41, 5.74) is 0. The molecule has 0 aliphatic rings. The van der Waals surface area contributed by atoms with E-state index in [0.717, 1.165) is 0 Å². The van der Waals surface area contributed by atoms with Gasteiger partial charge in [-0.1, -0.05) is 0 Å². The van der Waals surface area contributed by atoms with Crippen LogP contribution in [0.4, 0.5) is 4.79 Å². The second-order valence-electron chi connectivity index (χ2n) is 3.63. The molecule has 0 heterocycles. The summed E-state index contributed by atoms with van der Waals surface area (Å²) in [6.07, 6.45) is -0.0407. The molecule has 0 aliphatic carbocycles. The smallest absolute Gasteiger partial charge is 0.326 e. The van der Waals surface area contributed by atoms with Crippen molar-refractivity contribution < 1.29 is 24.2 Å². The van der Waals surface area contributed by atoms with Crippen LogP contribution in [-0.2, 0) is 14.3 Å². The summed E-state index contributed by atoms with van der Waals surface area (Å²) >= 11 is 0. The maximum Gasteiger partial charge on any atom is 0.326 e. The lowest BCUT2D eigenvalue weighted by Crippen LogP contribution is -2.48. The van der Waals surface area contributed by atoms with Crippen LogP contribution in [0.2, 0.25) is 0 Å². The Labute approximate surface area is 106 Å². The first-order valence-corrected chi connectivity index (χ1v) is 5.81. The number of carbonyl (C=O) groups is 3. The van der Waals surface area contributed by atoms with Crippen molar-refractivity contribution in [1.82, 2.24) is 10.2 Å². The summed E-state index contributed by atoms with van der Waals surface area (Å²) in [5, 5.41) is 11.3. The number of hydrogen-bond acceptors (Lipinski definition) is 4. The van der Waals surface area contributed by atoms with Gasteiger partial charge in [-0.25, -0.2) is 9.59 Å². The van der Waals surface area contributed by atoms with Gasteiger partial charge in [0, 0.05) is 19.5 Å². The molecule has 0 aromatic carbocycles. The van der Waals surface area contributed by atoms with E-state index in [0.29, 0.717) is 13.1 Å². The number of aliphatic carboxylic acids is 1. The van der Waals surface area contributed by atoms with Crippen LogP contribution in [0, 0.1) is 0 Å². The second kappa shape index (κ2) is 8.32. The van der Waals surface area contributed by atoms with E-state index in [4.69, 9.17) is 5.11 Å². The zero-order valence-electron chi connectivity index (χ0n) is 10.9. The van der Waals surface area contributed by atoms with Gasteiger partial charge in [0.25, 0.3) is 0 Å². The number of hydrogen-bond donors (Lipinski definition) is 2. The van der Waals surface area contributed by atoms with Crippen molar-refractivity contribution in [3.8, 4) is 0 Å². The molecule has 104 valence electrons. The first-order valence-electron chi connectivity index (χ1n) is 5.81. The van der Waals surface area contributed by atoms with E-state index in [1.165, 1.54) is 12.0 Å². The van der Waals surface area contributed by atoms with Gasteiger partial charge in [0.15, 0.2) is 0 Å². The Kier molecular flexibility index (Phi) is 7.50. The van der Waals surface area contributed by atoms with Gasteiger partial charge in [-0.05, 0) is 20.3 Å². The fraction of sp³-hybridized carbons (Fsp3) is 0.727. The SMILES string of the molecule is CCN(CC)C(=O)N[C@@H](CCC(=O)OC)C(=O)O. The van der Waals surface area contributed by atoms with Crippen molar-refractivity contribution >= 4 is 18.0 Å². The number of esters is 1. The van der Waals surface area contributed by atoms with Crippen LogP contribution in [0.25, 0.3) is 0 Å². The highest BCUT2D eigenvalue weighted by atomic mass is 16.5. The van der Waals surface area contributed by atoms with Gasteiger partial charge < -0.3 is 20.1 Å². The highest BCUT2D eigenvalue weighted by molar-refractivity contribution is 5.83. The molecule has 2 N–H and O–H groups in total. The number of urea groups is 1. The molecule has 0 bridgehead atoms. The fourth-order valence-electron chi connectivity index (χ4n) is 1.37. The number of amides is 2. The van der Waals surface area contributed by atoms with E-state index < -0.39 is 24.0 Å². The second-order valence-corrected chi connectivity index (χ2v) is 3.63. The number of methoxy groups -OCH3 is 1. The van der Waals surface area contributed by atoms with Gasteiger partial charge in [0.2, 0.25) is 0 Å². The molecule has 0 aromatic rings. The van der Waals surface area contributed by atoms with Crippen molar-refractivity contribution in [2.45, 2.75) is 32.7 Å². The molecular weight excluding hydrogens is 240 g/mol.